The predicted molar refractivity (Wildman–Crippen MR) is 125 cm³/mol. The number of rotatable bonds is 17. The van der Waals surface area contributed by atoms with Gasteiger partial charge >= 0.3 is 0 Å². The second-order valence-electron chi connectivity index (χ2n) is 10.7. The Morgan fingerprint density at radius 3 is 2.23 bits per heavy atom. The van der Waals surface area contributed by atoms with Gasteiger partial charge in [-0.05, 0) is 47.0 Å². The molecule has 1 amide bonds. The van der Waals surface area contributed by atoms with E-state index in [1.165, 1.54) is 0 Å². The lowest BCUT2D eigenvalue weighted by Crippen LogP contribution is -2.49. The van der Waals surface area contributed by atoms with Crippen molar-refractivity contribution in [2.45, 2.75) is 105 Å². The lowest BCUT2D eigenvalue weighted by atomic mass is 9.94. The van der Waals surface area contributed by atoms with Gasteiger partial charge in [-0.25, -0.2) is 0 Å². The molecule has 0 radical (unpaired) electrons. The Morgan fingerprint density at radius 1 is 1.06 bits per heavy atom. The number of carbonyl (C=O) groups excluding carboxylic acids is 2. The molecule has 0 spiro atoms. The third kappa shape index (κ3) is 16.3. The van der Waals surface area contributed by atoms with E-state index in [1.807, 2.05) is 55.4 Å². The van der Waals surface area contributed by atoms with Gasteiger partial charge in [-0.1, -0.05) is 27.7 Å². The summed E-state index contributed by atoms with van der Waals surface area (Å²) < 4.78 is 11.6. The summed E-state index contributed by atoms with van der Waals surface area (Å²) in [6, 6.07) is 0. The maximum absolute atomic E-state index is 12.3. The quantitative estimate of drug-likeness (QED) is 0.297. The number of Topliss-reactive ketones (excluding diaryl/α,β-unsaturated/α-hetero) is 1. The molecule has 31 heavy (non-hydrogen) atoms. The predicted octanol–water partition coefficient (Wildman–Crippen LogP) is 3.43. The van der Waals surface area contributed by atoms with Crippen LogP contribution < -0.4 is 10.6 Å². The molecular formula is C24H48N2O5. The Hall–Kier alpha value is -1.02. The fourth-order valence-corrected chi connectivity index (χ4v) is 3.28. The molecule has 0 aliphatic carbocycles. The average molecular weight is 445 g/mol. The molecule has 2 atom stereocenters. The summed E-state index contributed by atoms with van der Waals surface area (Å²) in [7, 11) is 0. The van der Waals surface area contributed by atoms with Crippen LogP contribution >= 0.6 is 0 Å². The molecule has 0 fully saturated rings. The van der Waals surface area contributed by atoms with Crippen molar-refractivity contribution in [1.82, 2.24) is 10.6 Å². The number of ether oxygens (including phenoxy) is 2. The highest BCUT2D eigenvalue weighted by Gasteiger charge is 2.27. The molecule has 0 aliphatic heterocycles. The highest BCUT2D eigenvalue weighted by molar-refractivity contribution is 5.78. The maximum Gasteiger partial charge on any atom is 0.224 e. The van der Waals surface area contributed by atoms with Crippen molar-refractivity contribution in [1.29, 1.82) is 0 Å². The molecule has 0 aromatic heterocycles. The zero-order valence-corrected chi connectivity index (χ0v) is 21.4. The molecule has 0 aromatic carbocycles. The van der Waals surface area contributed by atoms with Crippen molar-refractivity contribution < 1.29 is 24.2 Å². The van der Waals surface area contributed by atoms with E-state index >= 15 is 0 Å². The van der Waals surface area contributed by atoms with Gasteiger partial charge in [-0.3, -0.25) is 14.9 Å². The van der Waals surface area contributed by atoms with Crippen molar-refractivity contribution in [3.05, 3.63) is 0 Å². The number of aliphatic hydroxyl groups is 1. The van der Waals surface area contributed by atoms with Gasteiger partial charge in [0.2, 0.25) is 5.91 Å². The zero-order chi connectivity index (χ0) is 24.3. The van der Waals surface area contributed by atoms with Gasteiger partial charge in [0.15, 0.2) is 0 Å². The maximum atomic E-state index is 12.3. The molecule has 0 rings (SSSR count). The first-order valence-corrected chi connectivity index (χ1v) is 11.6. The summed E-state index contributed by atoms with van der Waals surface area (Å²) in [4.78, 5) is 23.8. The van der Waals surface area contributed by atoms with Crippen LogP contribution in [0.3, 0.4) is 0 Å². The Balaban J connectivity index is 4.26. The number of hydrogen-bond donors (Lipinski definition) is 3. The van der Waals surface area contributed by atoms with Crippen LogP contribution in [0.2, 0.25) is 0 Å². The van der Waals surface area contributed by atoms with E-state index in [-0.39, 0.29) is 41.1 Å². The van der Waals surface area contributed by atoms with E-state index in [2.05, 4.69) is 10.6 Å². The minimum Gasteiger partial charge on any atom is -0.381 e. The van der Waals surface area contributed by atoms with Crippen LogP contribution in [0.1, 0.15) is 88.0 Å². The van der Waals surface area contributed by atoms with Crippen molar-refractivity contribution in [2.24, 2.45) is 11.3 Å². The SMILES string of the molecule is CCC(=O)CC(C)COCC(C)(C)CNC(=O)CC(C)(O)NCCC(C)(C)OC(C)C. The minimum atomic E-state index is -1.29. The van der Waals surface area contributed by atoms with E-state index in [0.29, 0.717) is 39.1 Å². The van der Waals surface area contributed by atoms with Crippen molar-refractivity contribution in [3.63, 3.8) is 0 Å². The molecule has 184 valence electrons. The minimum absolute atomic E-state index is 0.0361. The number of carbonyl (C=O) groups is 2. The average Bonchev–Trinajstić information content (AvgIpc) is 2.57. The molecule has 0 saturated carbocycles. The number of nitrogens with one attached hydrogen (secondary N) is 2. The topological polar surface area (TPSA) is 96.9 Å². The van der Waals surface area contributed by atoms with E-state index in [4.69, 9.17) is 9.47 Å². The van der Waals surface area contributed by atoms with Crippen LogP contribution in [-0.4, -0.2) is 60.5 Å². The summed E-state index contributed by atoms with van der Waals surface area (Å²) in [5.74, 6) is 0.222. The Morgan fingerprint density at radius 2 is 1.68 bits per heavy atom. The molecule has 2 unspecified atom stereocenters. The first-order valence-electron chi connectivity index (χ1n) is 11.6. The van der Waals surface area contributed by atoms with Crippen molar-refractivity contribution >= 4 is 11.7 Å². The highest BCUT2D eigenvalue weighted by Crippen LogP contribution is 2.18. The molecule has 0 aliphatic rings. The smallest absolute Gasteiger partial charge is 0.224 e. The molecule has 0 saturated heterocycles. The zero-order valence-electron chi connectivity index (χ0n) is 21.4. The van der Waals surface area contributed by atoms with Crippen LogP contribution in [0, 0.1) is 11.3 Å². The largest absolute Gasteiger partial charge is 0.381 e. The first kappa shape index (κ1) is 30.0. The van der Waals surface area contributed by atoms with Crippen LogP contribution in [-0.2, 0) is 19.1 Å². The highest BCUT2D eigenvalue weighted by atomic mass is 16.5. The summed E-state index contributed by atoms with van der Waals surface area (Å²) in [5.41, 5.74) is -1.84. The Bertz CT molecular complexity index is 544. The van der Waals surface area contributed by atoms with Crippen LogP contribution in [0.25, 0.3) is 0 Å². The standard InChI is InChI=1S/C24H48N2O5/c1-10-20(27)13-19(4)15-30-17-22(5,6)16-25-21(28)14-24(9,29)26-12-11-23(7,8)31-18(2)3/h18-19,26,29H,10-17H2,1-9H3,(H,25,28). The second kappa shape index (κ2) is 13.5. The molecule has 0 bridgehead atoms. The second-order valence-corrected chi connectivity index (χ2v) is 10.7. The Labute approximate surface area is 190 Å². The summed E-state index contributed by atoms with van der Waals surface area (Å²) in [5, 5.41) is 16.5. The fourth-order valence-electron chi connectivity index (χ4n) is 3.28. The van der Waals surface area contributed by atoms with Crippen molar-refractivity contribution in [2.75, 3.05) is 26.3 Å². The fraction of sp³-hybridized carbons (Fsp3) is 0.917. The van der Waals surface area contributed by atoms with Gasteiger partial charge in [0.25, 0.3) is 0 Å². The molecule has 0 heterocycles. The third-order valence-corrected chi connectivity index (χ3v) is 4.92. The lowest BCUT2D eigenvalue weighted by Gasteiger charge is -2.31. The Kier molecular flexibility index (Phi) is 13.1. The number of amides is 1. The van der Waals surface area contributed by atoms with Gasteiger partial charge in [0.1, 0.15) is 11.5 Å². The van der Waals surface area contributed by atoms with Crippen LogP contribution in [0.5, 0.6) is 0 Å². The number of hydrogen-bond acceptors (Lipinski definition) is 6. The van der Waals surface area contributed by atoms with Gasteiger partial charge in [-0.15, -0.1) is 0 Å². The van der Waals surface area contributed by atoms with E-state index in [0.717, 1.165) is 6.42 Å². The monoisotopic (exact) mass is 444 g/mol. The molecular weight excluding hydrogens is 396 g/mol. The van der Waals surface area contributed by atoms with E-state index in [1.54, 1.807) is 6.92 Å². The summed E-state index contributed by atoms with van der Waals surface area (Å²) in [6.45, 7) is 19.5. The summed E-state index contributed by atoms with van der Waals surface area (Å²) in [6.07, 6.45) is 1.91. The third-order valence-electron chi connectivity index (χ3n) is 4.92. The number of ketones is 1. The van der Waals surface area contributed by atoms with Gasteiger partial charge in [-0.2, -0.15) is 0 Å². The van der Waals surface area contributed by atoms with Crippen molar-refractivity contribution in [3.8, 4) is 0 Å². The van der Waals surface area contributed by atoms with Crippen LogP contribution in [0.4, 0.5) is 0 Å². The van der Waals surface area contributed by atoms with Crippen LogP contribution in [0.15, 0.2) is 0 Å². The normalized spacial score (nSPS) is 15.6. The summed E-state index contributed by atoms with van der Waals surface area (Å²) >= 11 is 0. The first-order chi connectivity index (χ1) is 14.1. The van der Waals surface area contributed by atoms with E-state index in [9.17, 15) is 14.7 Å². The van der Waals surface area contributed by atoms with Gasteiger partial charge in [0.05, 0.1) is 24.7 Å². The molecule has 3 N–H and O–H groups in total. The molecule has 7 heteroatoms. The van der Waals surface area contributed by atoms with Gasteiger partial charge < -0.3 is 19.9 Å². The lowest BCUT2D eigenvalue weighted by molar-refractivity contribution is -0.127. The molecule has 7 nitrogen and oxygen atoms in total. The molecule has 0 aromatic rings. The van der Waals surface area contributed by atoms with E-state index < -0.39 is 5.72 Å². The van der Waals surface area contributed by atoms with Gasteiger partial charge in [0, 0.05) is 38.0 Å².